The molecule has 0 aromatic rings. The fourth-order valence-electron chi connectivity index (χ4n) is 5.02. The Bertz CT molecular complexity index is 592. The summed E-state index contributed by atoms with van der Waals surface area (Å²) in [7, 11) is 0. The van der Waals surface area contributed by atoms with Gasteiger partial charge in [-0.1, -0.05) is 160 Å². The SMILES string of the molecule is CCCCCCCCCC=CCCC=CC(O)C(CO)NC(=O)C(O)CCCCCCCCCCCCCCC. The van der Waals surface area contributed by atoms with Crippen molar-refractivity contribution in [2.24, 2.45) is 0 Å². The summed E-state index contributed by atoms with van der Waals surface area (Å²) < 4.78 is 0. The van der Waals surface area contributed by atoms with E-state index in [9.17, 15) is 20.1 Å². The maximum Gasteiger partial charge on any atom is 0.249 e. The molecule has 0 bridgehead atoms. The van der Waals surface area contributed by atoms with Crippen LogP contribution < -0.4 is 5.32 Å². The zero-order chi connectivity index (χ0) is 29.5. The molecule has 0 rings (SSSR count). The van der Waals surface area contributed by atoms with Crippen LogP contribution >= 0.6 is 0 Å². The average molecular weight is 566 g/mol. The third kappa shape index (κ3) is 25.8. The van der Waals surface area contributed by atoms with Gasteiger partial charge in [0.1, 0.15) is 6.10 Å². The Morgan fingerprint density at radius 3 is 1.52 bits per heavy atom. The third-order valence-corrected chi connectivity index (χ3v) is 7.79. The maximum atomic E-state index is 12.3. The molecule has 0 aromatic heterocycles. The van der Waals surface area contributed by atoms with Crippen LogP contribution in [0.2, 0.25) is 0 Å². The molecular weight excluding hydrogens is 498 g/mol. The summed E-state index contributed by atoms with van der Waals surface area (Å²) in [6.45, 7) is 4.13. The van der Waals surface area contributed by atoms with E-state index in [4.69, 9.17) is 0 Å². The molecule has 0 aliphatic heterocycles. The molecule has 0 aromatic carbocycles. The molecule has 0 saturated carbocycles. The van der Waals surface area contributed by atoms with Crippen molar-refractivity contribution in [3.63, 3.8) is 0 Å². The summed E-state index contributed by atoms with van der Waals surface area (Å²) in [6.07, 6.45) is 34.7. The molecule has 236 valence electrons. The van der Waals surface area contributed by atoms with Gasteiger partial charge < -0.3 is 20.6 Å². The van der Waals surface area contributed by atoms with E-state index in [-0.39, 0.29) is 6.61 Å². The molecule has 4 N–H and O–H groups in total. The van der Waals surface area contributed by atoms with Gasteiger partial charge in [-0.2, -0.15) is 0 Å². The summed E-state index contributed by atoms with van der Waals surface area (Å²) >= 11 is 0. The first-order chi connectivity index (χ1) is 19.6. The zero-order valence-corrected chi connectivity index (χ0v) is 26.5. The van der Waals surface area contributed by atoms with Crippen molar-refractivity contribution in [1.29, 1.82) is 0 Å². The Balaban J connectivity index is 3.82. The van der Waals surface area contributed by atoms with Crippen molar-refractivity contribution < 1.29 is 20.1 Å². The van der Waals surface area contributed by atoms with Crippen LogP contribution in [0, 0.1) is 0 Å². The molecule has 3 atom stereocenters. The number of aliphatic hydroxyl groups is 3. The lowest BCUT2D eigenvalue weighted by atomic mass is 10.0. The molecule has 0 saturated heterocycles. The Hall–Kier alpha value is -1.17. The standard InChI is InChI=1S/C35H67NO4/c1-3-5-7-9-11-13-15-17-19-21-23-25-27-29-33(38)32(31-37)36-35(40)34(39)30-28-26-24-22-20-18-16-14-12-10-8-6-4-2/h19,21,27,29,32-34,37-39H,3-18,20,22-26,28,30-31H2,1-2H3,(H,36,40). The minimum absolute atomic E-state index is 0.374. The van der Waals surface area contributed by atoms with Gasteiger partial charge in [0.2, 0.25) is 5.91 Å². The summed E-state index contributed by atoms with van der Waals surface area (Å²) in [6, 6.07) is -0.807. The Morgan fingerprint density at radius 1 is 0.600 bits per heavy atom. The number of rotatable bonds is 30. The van der Waals surface area contributed by atoms with Crippen molar-refractivity contribution in [2.75, 3.05) is 6.61 Å². The Morgan fingerprint density at radius 2 is 1.02 bits per heavy atom. The van der Waals surface area contributed by atoms with Gasteiger partial charge in [0.25, 0.3) is 0 Å². The lowest BCUT2D eigenvalue weighted by Crippen LogP contribution is -2.48. The predicted octanol–water partition coefficient (Wildman–Crippen LogP) is 8.70. The van der Waals surface area contributed by atoms with E-state index < -0.39 is 24.2 Å². The first kappa shape index (κ1) is 38.8. The number of carbonyl (C=O) groups is 1. The Kier molecular flexibility index (Phi) is 29.9. The fourth-order valence-corrected chi connectivity index (χ4v) is 5.02. The highest BCUT2D eigenvalue weighted by molar-refractivity contribution is 5.80. The molecule has 40 heavy (non-hydrogen) atoms. The molecule has 0 aliphatic rings. The zero-order valence-electron chi connectivity index (χ0n) is 26.5. The summed E-state index contributed by atoms with van der Waals surface area (Å²) in [5.74, 6) is -0.515. The van der Waals surface area contributed by atoms with Crippen molar-refractivity contribution in [2.45, 2.75) is 186 Å². The van der Waals surface area contributed by atoms with Crippen LogP contribution in [0.25, 0.3) is 0 Å². The highest BCUT2D eigenvalue weighted by Gasteiger charge is 2.22. The van der Waals surface area contributed by atoms with Gasteiger partial charge >= 0.3 is 0 Å². The average Bonchev–Trinajstić information content (AvgIpc) is 2.96. The normalized spacial score (nSPS) is 14.2. The number of allylic oxidation sites excluding steroid dienone is 3. The van der Waals surface area contributed by atoms with Crippen LogP contribution in [-0.4, -0.2) is 46.1 Å². The first-order valence-electron chi connectivity index (χ1n) is 17.2. The fraction of sp³-hybridized carbons (Fsp3) is 0.857. The quantitative estimate of drug-likeness (QED) is 0.0518. The molecule has 0 aliphatic carbocycles. The summed E-state index contributed by atoms with van der Waals surface area (Å²) in [5, 5.41) is 32.8. The van der Waals surface area contributed by atoms with Crippen LogP contribution in [0.3, 0.4) is 0 Å². The van der Waals surface area contributed by atoms with Crippen molar-refractivity contribution in [3.05, 3.63) is 24.3 Å². The number of carbonyl (C=O) groups excluding carboxylic acids is 1. The van der Waals surface area contributed by atoms with E-state index in [0.29, 0.717) is 6.42 Å². The highest BCUT2D eigenvalue weighted by Crippen LogP contribution is 2.14. The number of amides is 1. The molecule has 5 nitrogen and oxygen atoms in total. The molecule has 0 heterocycles. The molecule has 3 unspecified atom stereocenters. The number of nitrogens with one attached hydrogen (secondary N) is 1. The van der Waals surface area contributed by atoms with E-state index in [1.165, 1.54) is 109 Å². The molecule has 0 spiro atoms. The molecule has 0 radical (unpaired) electrons. The molecule has 1 amide bonds. The predicted molar refractivity (Wildman–Crippen MR) is 171 cm³/mol. The van der Waals surface area contributed by atoms with Gasteiger partial charge in [-0.05, 0) is 32.1 Å². The first-order valence-corrected chi connectivity index (χ1v) is 17.2. The summed E-state index contributed by atoms with van der Waals surface area (Å²) in [4.78, 5) is 12.3. The largest absolute Gasteiger partial charge is 0.394 e. The minimum atomic E-state index is -1.10. The van der Waals surface area contributed by atoms with Crippen LogP contribution in [-0.2, 0) is 4.79 Å². The molecular formula is C35H67NO4. The van der Waals surface area contributed by atoms with Crippen LogP contribution in [0.1, 0.15) is 168 Å². The monoisotopic (exact) mass is 566 g/mol. The number of unbranched alkanes of at least 4 members (excludes halogenated alkanes) is 20. The maximum absolute atomic E-state index is 12.3. The van der Waals surface area contributed by atoms with Crippen LogP contribution in [0.5, 0.6) is 0 Å². The van der Waals surface area contributed by atoms with Crippen LogP contribution in [0.4, 0.5) is 0 Å². The van der Waals surface area contributed by atoms with Gasteiger partial charge in [-0.25, -0.2) is 0 Å². The van der Waals surface area contributed by atoms with E-state index in [2.05, 4.69) is 31.3 Å². The number of aliphatic hydroxyl groups excluding tert-OH is 3. The van der Waals surface area contributed by atoms with Gasteiger partial charge in [0.05, 0.1) is 18.8 Å². The van der Waals surface area contributed by atoms with Crippen molar-refractivity contribution >= 4 is 5.91 Å². The van der Waals surface area contributed by atoms with Gasteiger partial charge in [-0.15, -0.1) is 0 Å². The van der Waals surface area contributed by atoms with E-state index in [1.807, 2.05) is 6.08 Å². The van der Waals surface area contributed by atoms with Crippen molar-refractivity contribution in [1.82, 2.24) is 5.32 Å². The third-order valence-electron chi connectivity index (χ3n) is 7.79. The topological polar surface area (TPSA) is 89.8 Å². The lowest BCUT2D eigenvalue weighted by Gasteiger charge is -2.21. The second-order valence-corrected chi connectivity index (χ2v) is 11.7. The number of hydrogen-bond acceptors (Lipinski definition) is 4. The molecule has 5 heteroatoms. The van der Waals surface area contributed by atoms with E-state index in [0.717, 1.165) is 38.5 Å². The van der Waals surface area contributed by atoms with Gasteiger partial charge in [0, 0.05) is 0 Å². The molecule has 0 fully saturated rings. The minimum Gasteiger partial charge on any atom is -0.394 e. The second kappa shape index (κ2) is 30.8. The van der Waals surface area contributed by atoms with Crippen LogP contribution in [0.15, 0.2) is 24.3 Å². The summed E-state index contributed by atoms with van der Waals surface area (Å²) in [5.41, 5.74) is 0. The van der Waals surface area contributed by atoms with E-state index >= 15 is 0 Å². The lowest BCUT2D eigenvalue weighted by molar-refractivity contribution is -0.131. The van der Waals surface area contributed by atoms with Crippen molar-refractivity contribution in [3.8, 4) is 0 Å². The Labute approximate surface area is 248 Å². The second-order valence-electron chi connectivity index (χ2n) is 11.7. The van der Waals surface area contributed by atoms with E-state index in [1.54, 1.807) is 6.08 Å². The number of hydrogen-bond donors (Lipinski definition) is 4. The highest BCUT2D eigenvalue weighted by atomic mass is 16.3. The van der Waals surface area contributed by atoms with Gasteiger partial charge in [0.15, 0.2) is 0 Å². The smallest absolute Gasteiger partial charge is 0.249 e. The van der Waals surface area contributed by atoms with Gasteiger partial charge in [-0.3, -0.25) is 4.79 Å².